The first-order chi connectivity index (χ1) is 17.7. The largest absolute Gasteiger partial charge is 0.414 e. The third-order valence-electron chi connectivity index (χ3n) is 5.67. The van der Waals surface area contributed by atoms with Crippen molar-refractivity contribution in [3.8, 4) is 5.88 Å². The topological polar surface area (TPSA) is 147 Å². The van der Waals surface area contributed by atoms with Crippen LogP contribution in [0.5, 0.6) is 5.88 Å². The van der Waals surface area contributed by atoms with E-state index in [1.54, 1.807) is 38.1 Å². The Morgan fingerprint density at radius 1 is 1.08 bits per heavy atom. The molecule has 3 N–H and O–H groups in total. The number of aryl methyl sites for hydroxylation is 1. The van der Waals surface area contributed by atoms with Crippen molar-refractivity contribution in [3.63, 3.8) is 0 Å². The zero-order chi connectivity index (χ0) is 28.1. The lowest BCUT2D eigenvalue weighted by molar-refractivity contribution is -0.131. The van der Waals surface area contributed by atoms with E-state index >= 15 is 0 Å². The number of amides is 3. The number of rotatable bonds is 8. The van der Waals surface area contributed by atoms with Crippen LogP contribution in [-0.2, 0) is 26.2 Å². The predicted octanol–water partition coefficient (Wildman–Crippen LogP) is 2.73. The predicted molar refractivity (Wildman–Crippen MR) is 140 cm³/mol. The number of ether oxygens (including phenoxy) is 1. The second-order valence-corrected chi connectivity index (χ2v) is 11.6. The van der Waals surface area contributed by atoms with Crippen LogP contribution in [0.1, 0.15) is 51.8 Å². The lowest BCUT2D eigenvalue weighted by atomic mass is 9.98. The van der Waals surface area contributed by atoms with Crippen LogP contribution >= 0.6 is 0 Å². The summed E-state index contributed by atoms with van der Waals surface area (Å²) >= 11 is 0. The van der Waals surface area contributed by atoms with Crippen LogP contribution in [0.15, 0.2) is 58.5 Å². The maximum atomic E-state index is 13.0. The van der Waals surface area contributed by atoms with E-state index in [9.17, 15) is 22.8 Å². The van der Waals surface area contributed by atoms with Gasteiger partial charge < -0.3 is 15.4 Å². The van der Waals surface area contributed by atoms with E-state index in [1.807, 2.05) is 20.8 Å². The normalized spacial score (nSPS) is 14.3. The smallest absolute Gasteiger partial charge is 0.391 e. The van der Waals surface area contributed by atoms with Crippen molar-refractivity contribution < 1.29 is 27.5 Å². The summed E-state index contributed by atoms with van der Waals surface area (Å²) in [5.41, 5.74) is 1.80. The molecule has 0 spiro atoms. The Hall–Kier alpha value is -3.77. The van der Waals surface area contributed by atoms with Gasteiger partial charge in [-0.15, -0.1) is 4.83 Å². The van der Waals surface area contributed by atoms with Gasteiger partial charge in [0.25, 0.3) is 15.9 Å². The van der Waals surface area contributed by atoms with Gasteiger partial charge in [0.05, 0.1) is 11.3 Å². The molecular weight excluding hydrogens is 510 g/mol. The highest BCUT2D eigenvalue weighted by Gasteiger charge is 2.30. The molecular formula is C26H33N5O6S. The zero-order valence-electron chi connectivity index (χ0n) is 22.1. The number of nitrogens with one attached hydrogen (secondary N) is 3. The molecule has 1 aromatic carbocycles. The molecule has 0 saturated heterocycles. The molecule has 0 saturated carbocycles. The van der Waals surface area contributed by atoms with Gasteiger partial charge in [-0.05, 0) is 58.7 Å². The molecule has 1 aliphatic rings. The SMILES string of the molecule is CC1=C(CC(=O)NCc2ccc(OC(=O)NC(C)(C)C)nc2C)C(=O)N(NS(=O)(=O)c2ccccc2)CC1. The number of hydrogen-bond acceptors (Lipinski definition) is 7. The highest BCUT2D eigenvalue weighted by Crippen LogP contribution is 2.22. The minimum atomic E-state index is -3.94. The third kappa shape index (κ3) is 7.86. The fourth-order valence-electron chi connectivity index (χ4n) is 3.64. The van der Waals surface area contributed by atoms with Crippen LogP contribution in [0.4, 0.5) is 4.79 Å². The Balaban J connectivity index is 1.58. The average Bonchev–Trinajstić information content (AvgIpc) is 2.82. The van der Waals surface area contributed by atoms with Gasteiger partial charge in [-0.1, -0.05) is 29.8 Å². The molecule has 204 valence electrons. The number of aromatic nitrogens is 1. The van der Waals surface area contributed by atoms with Crippen LogP contribution in [0.2, 0.25) is 0 Å². The summed E-state index contributed by atoms with van der Waals surface area (Å²) in [6, 6.07) is 11.0. The molecule has 0 bridgehead atoms. The number of benzene rings is 1. The lowest BCUT2D eigenvalue weighted by Crippen LogP contribution is -2.49. The Morgan fingerprint density at radius 2 is 1.76 bits per heavy atom. The molecule has 12 heteroatoms. The van der Waals surface area contributed by atoms with Gasteiger partial charge in [0, 0.05) is 36.0 Å². The van der Waals surface area contributed by atoms with Crippen molar-refractivity contribution in [2.75, 3.05) is 6.54 Å². The van der Waals surface area contributed by atoms with Crippen molar-refractivity contribution in [1.29, 1.82) is 0 Å². The molecule has 2 aromatic rings. The molecule has 1 aliphatic heterocycles. The fraction of sp³-hybridized carbons (Fsp3) is 0.385. The molecule has 38 heavy (non-hydrogen) atoms. The summed E-state index contributed by atoms with van der Waals surface area (Å²) in [5.74, 6) is -0.827. The van der Waals surface area contributed by atoms with Gasteiger partial charge in [0.1, 0.15) is 0 Å². The van der Waals surface area contributed by atoms with Gasteiger partial charge in [0.2, 0.25) is 11.8 Å². The number of carbonyl (C=O) groups excluding carboxylic acids is 3. The Bertz CT molecular complexity index is 1350. The molecule has 3 rings (SSSR count). The number of sulfonamides is 1. The quantitative estimate of drug-likeness (QED) is 0.464. The summed E-state index contributed by atoms with van der Waals surface area (Å²) in [7, 11) is -3.94. The second kappa shape index (κ2) is 11.7. The van der Waals surface area contributed by atoms with Gasteiger partial charge in [-0.3, -0.25) is 14.6 Å². The van der Waals surface area contributed by atoms with Gasteiger partial charge in [-0.2, -0.15) is 0 Å². The van der Waals surface area contributed by atoms with Crippen LogP contribution in [0, 0.1) is 6.92 Å². The van der Waals surface area contributed by atoms with E-state index in [-0.39, 0.29) is 35.9 Å². The summed E-state index contributed by atoms with van der Waals surface area (Å²) in [4.78, 5) is 44.3. The molecule has 0 fully saturated rings. The number of hydrogen-bond donors (Lipinski definition) is 3. The van der Waals surface area contributed by atoms with Gasteiger partial charge in [0.15, 0.2) is 0 Å². The molecule has 0 radical (unpaired) electrons. The molecule has 11 nitrogen and oxygen atoms in total. The second-order valence-electron chi connectivity index (χ2n) is 9.99. The van der Waals surface area contributed by atoms with Crippen LogP contribution in [0.25, 0.3) is 0 Å². The van der Waals surface area contributed by atoms with Crippen LogP contribution in [-0.4, -0.2) is 48.4 Å². The van der Waals surface area contributed by atoms with Crippen molar-refractivity contribution in [3.05, 3.63) is 64.9 Å². The molecule has 1 aromatic heterocycles. The van der Waals surface area contributed by atoms with Gasteiger partial charge in [-0.25, -0.2) is 18.2 Å². The minimum Gasteiger partial charge on any atom is -0.391 e. The Kier molecular flexibility index (Phi) is 8.89. The fourth-order valence-corrected chi connectivity index (χ4v) is 4.73. The minimum absolute atomic E-state index is 0.0357. The summed E-state index contributed by atoms with van der Waals surface area (Å²) in [5, 5.41) is 6.47. The van der Waals surface area contributed by atoms with Crippen molar-refractivity contribution >= 4 is 27.9 Å². The lowest BCUT2D eigenvalue weighted by Gasteiger charge is -2.29. The van der Waals surface area contributed by atoms with E-state index in [4.69, 9.17) is 4.74 Å². The molecule has 0 unspecified atom stereocenters. The first-order valence-electron chi connectivity index (χ1n) is 12.1. The third-order valence-corrected chi connectivity index (χ3v) is 7.02. The first-order valence-corrected chi connectivity index (χ1v) is 13.5. The molecule has 0 atom stereocenters. The Labute approximate surface area is 222 Å². The van der Waals surface area contributed by atoms with E-state index in [0.717, 1.165) is 10.6 Å². The zero-order valence-corrected chi connectivity index (χ0v) is 22.9. The molecule has 2 heterocycles. The number of hydrazine groups is 1. The van der Waals surface area contributed by atoms with E-state index < -0.39 is 33.5 Å². The molecule has 3 amide bonds. The number of pyridine rings is 1. The first kappa shape index (κ1) is 28.8. The summed E-state index contributed by atoms with van der Waals surface area (Å²) < 4.78 is 30.5. The number of nitrogens with zero attached hydrogens (tertiary/aromatic N) is 2. The van der Waals surface area contributed by atoms with Crippen molar-refractivity contribution in [1.82, 2.24) is 25.5 Å². The monoisotopic (exact) mass is 543 g/mol. The molecule has 0 aliphatic carbocycles. The van der Waals surface area contributed by atoms with E-state index in [1.165, 1.54) is 18.2 Å². The van der Waals surface area contributed by atoms with E-state index in [0.29, 0.717) is 17.7 Å². The highest BCUT2D eigenvalue weighted by molar-refractivity contribution is 7.89. The maximum Gasteiger partial charge on any atom is 0.414 e. The standard InChI is InChI=1S/C26H33N5O6S/c1-17-13-14-31(30-38(35,36)20-9-7-6-8-10-20)24(33)21(17)15-22(32)27-16-19-11-12-23(28-18(19)2)37-25(34)29-26(3,4)5/h6-12,30H,13-16H2,1-5H3,(H,27,32)(H,29,34). The number of carbonyl (C=O) groups is 3. The maximum absolute atomic E-state index is 13.0. The van der Waals surface area contributed by atoms with Crippen molar-refractivity contribution in [2.45, 2.75) is 64.4 Å². The average molecular weight is 544 g/mol. The van der Waals surface area contributed by atoms with Crippen molar-refractivity contribution in [2.24, 2.45) is 0 Å². The summed E-state index contributed by atoms with van der Waals surface area (Å²) in [6.45, 7) is 9.29. The Morgan fingerprint density at radius 3 is 2.39 bits per heavy atom. The van der Waals surface area contributed by atoms with E-state index in [2.05, 4.69) is 20.4 Å². The van der Waals surface area contributed by atoms with Crippen LogP contribution in [0.3, 0.4) is 0 Å². The highest BCUT2D eigenvalue weighted by atomic mass is 32.2. The summed E-state index contributed by atoms with van der Waals surface area (Å²) in [6.07, 6.45) is -0.389. The van der Waals surface area contributed by atoms with Gasteiger partial charge >= 0.3 is 6.09 Å². The van der Waals surface area contributed by atoms with Crippen LogP contribution < -0.4 is 20.2 Å².